The standard InChI is InChI=1S/C31H29FN2O3/c1-3-5-20-13-26-25(27(30(36)33-2)28(37-26)19-8-10-23(32)11-9-19)14-24(20)21-6-4-7-22(12-21)29(35)34-31-15-18(16-31)17-31/h4,6-14,18H,3,5,15-17H2,1-2H3,(H,33,36)(H,34,35). The van der Waals surface area contributed by atoms with Gasteiger partial charge in [0, 0.05) is 29.1 Å². The number of fused-ring (bicyclic) bond motifs is 1. The quantitative estimate of drug-likeness (QED) is 0.307. The zero-order valence-corrected chi connectivity index (χ0v) is 21.0. The van der Waals surface area contributed by atoms with Gasteiger partial charge in [0.05, 0.1) is 5.56 Å². The molecule has 5 nitrogen and oxygen atoms in total. The van der Waals surface area contributed by atoms with Crippen LogP contribution in [0.3, 0.4) is 0 Å². The van der Waals surface area contributed by atoms with Gasteiger partial charge in [-0.1, -0.05) is 25.5 Å². The van der Waals surface area contributed by atoms with Gasteiger partial charge >= 0.3 is 0 Å². The number of carbonyl (C=O) groups excluding carboxylic acids is 2. The number of furan rings is 1. The Balaban J connectivity index is 1.46. The fourth-order valence-electron chi connectivity index (χ4n) is 5.86. The summed E-state index contributed by atoms with van der Waals surface area (Å²) in [7, 11) is 1.58. The minimum absolute atomic E-state index is 0.0139. The maximum atomic E-state index is 13.6. The third kappa shape index (κ3) is 4.01. The van der Waals surface area contributed by atoms with Crippen LogP contribution in [0.25, 0.3) is 33.4 Å². The molecule has 2 amide bonds. The number of amides is 2. The van der Waals surface area contributed by atoms with E-state index in [1.807, 2.05) is 36.4 Å². The van der Waals surface area contributed by atoms with Crippen molar-refractivity contribution in [2.24, 2.45) is 5.92 Å². The molecule has 0 spiro atoms. The molecule has 0 atom stereocenters. The summed E-state index contributed by atoms with van der Waals surface area (Å²) in [6.07, 6.45) is 5.02. The van der Waals surface area contributed by atoms with Crippen LogP contribution in [0.2, 0.25) is 0 Å². The van der Waals surface area contributed by atoms with Crippen LogP contribution in [0.5, 0.6) is 0 Å². The lowest BCUT2D eigenvalue weighted by atomic mass is 9.50. The molecule has 1 heterocycles. The smallest absolute Gasteiger partial charge is 0.255 e. The van der Waals surface area contributed by atoms with Gasteiger partial charge in [-0.15, -0.1) is 0 Å². The van der Waals surface area contributed by atoms with Crippen molar-refractivity contribution in [1.82, 2.24) is 10.6 Å². The molecule has 3 fully saturated rings. The van der Waals surface area contributed by atoms with Crippen molar-refractivity contribution in [3.05, 3.63) is 83.2 Å². The van der Waals surface area contributed by atoms with Gasteiger partial charge in [-0.3, -0.25) is 9.59 Å². The second kappa shape index (κ2) is 8.87. The van der Waals surface area contributed by atoms with Crippen molar-refractivity contribution in [3.8, 4) is 22.5 Å². The molecular weight excluding hydrogens is 467 g/mol. The summed E-state index contributed by atoms with van der Waals surface area (Å²) in [6.45, 7) is 2.11. The van der Waals surface area contributed by atoms with Crippen LogP contribution in [-0.4, -0.2) is 24.4 Å². The topological polar surface area (TPSA) is 71.3 Å². The average molecular weight is 497 g/mol. The van der Waals surface area contributed by atoms with E-state index in [9.17, 15) is 14.0 Å². The predicted molar refractivity (Wildman–Crippen MR) is 142 cm³/mol. The van der Waals surface area contributed by atoms with E-state index in [0.29, 0.717) is 33.4 Å². The molecule has 0 radical (unpaired) electrons. The molecule has 37 heavy (non-hydrogen) atoms. The molecule has 6 heteroatoms. The van der Waals surface area contributed by atoms with Crippen molar-refractivity contribution in [2.75, 3.05) is 7.05 Å². The summed E-state index contributed by atoms with van der Waals surface area (Å²) in [5, 5.41) is 6.64. The maximum Gasteiger partial charge on any atom is 0.255 e. The molecule has 7 rings (SSSR count). The van der Waals surface area contributed by atoms with E-state index in [1.54, 1.807) is 19.2 Å². The van der Waals surface area contributed by atoms with E-state index in [-0.39, 0.29) is 23.2 Å². The molecule has 3 aliphatic rings. The van der Waals surface area contributed by atoms with Crippen molar-refractivity contribution in [3.63, 3.8) is 0 Å². The summed E-state index contributed by atoms with van der Waals surface area (Å²) < 4.78 is 19.8. The Morgan fingerprint density at radius 1 is 1.00 bits per heavy atom. The highest BCUT2D eigenvalue weighted by molar-refractivity contribution is 6.12. The lowest BCUT2D eigenvalue weighted by Crippen LogP contribution is -2.68. The molecule has 4 aromatic rings. The van der Waals surface area contributed by atoms with Crippen LogP contribution in [0.15, 0.2) is 65.1 Å². The first-order valence-electron chi connectivity index (χ1n) is 12.9. The fourth-order valence-corrected chi connectivity index (χ4v) is 5.86. The first kappa shape index (κ1) is 23.5. The highest BCUT2D eigenvalue weighted by Gasteiger charge is 2.57. The number of hydrogen-bond donors (Lipinski definition) is 2. The molecule has 2 N–H and O–H groups in total. The Bertz CT molecular complexity index is 1520. The molecule has 0 unspecified atom stereocenters. The monoisotopic (exact) mass is 496 g/mol. The molecule has 3 saturated carbocycles. The van der Waals surface area contributed by atoms with Crippen LogP contribution in [-0.2, 0) is 6.42 Å². The molecule has 3 aromatic carbocycles. The van der Waals surface area contributed by atoms with Gasteiger partial charge < -0.3 is 15.1 Å². The number of aryl methyl sites for hydroxylation is 1. The zero-order valence-electron chi connectivity index (χ0n) is 21.0. The molecular formula is C31H29FN2O3. The molecule has 0 saturated heterocycles. The Kier molecular flexibility index (Phi) is 5.63. The second-order valence-corrected chi connectivity index (χ2v) is 10.4. The lowest BCUT2D eigenvalue weighted by molar-refractivity contribution is -0.0438. The molecule has 3 aliphatic carbocycles. The van der Waals surface area contributed by atoms with Gasteiger partial charge in [-0.25, -0.2) is 4.39 Å². The minimum Gasteiger partial charge on any atom is -0.455 e. The van der Waals surface area contributed by atoms with E-state index in [4.69, 9.17) is 4.42 Å². The summed E-state index contributed by atoms with van der Waals surface area (Å²) in [6, 6.07) is 17.6. The Labute approximate surface area is 215 Å². The number of hydrogen-bond acceptors (Lipinski definition) is 3. The molecule has 1 aromatic heterocycles. The molecule has 2 bridgehead atoms. The number of rotatable bonds is 7. The molecule has 0 aliphatic heterocycles. The van der Waals surface area contributed by atoms with E-state index in [2.05, 4.69) is 17.6 Å². The summed E-state index contributed by atoms with van der Waals surface area (Å²) in [5.74, 6) is 0.525. The maximum absolute atomic E-state index is 13.6. The van der Waals surface area contributed by atoms with Gasteiger partial charge in [0.1, 0.15) is 17.2 Å². The Morgan fingerprint density at radius 3 is 2.41 bits per heavy atom. The van der Waals surface area contributed by atoms with E-state index >= 15 is 0 Å². The first-order valence-corrected chi connectivity index (χ1v) is 12.9. The van der Waals surface area contributed by atoms with Crippen LogP contribution in [0.1, 0.15) is 58.9 Å². The van der Waals surface area contributed by atoms with Crippen LogP contribution >= 0.6 is 0 Å². The van der Waals surface area contributed by atoms with Gasteiger partial charge in [-0.05, 0) is 96.8 Å². The van der Waals surface area contributed by atoms with Gasteiger partial charge in [-0.2, -0.15) is 0 Å². The highest BCUT2D eigenvalue weighted by atomic mass is 19.1. The predicted octanol–water partition coefficient (Wildman–Crippen LogP) is 6.50. The van der Waals surface area contributed by atoms with Crippen molar-refractivity contribution in [1.29, 1.82) is 0 Å². The summed E-state index contributed by atoms with van der Waals surface area (Å²) in [4.78, 5) is 26.1. The number of carbonyl (C=O) groups is 2. The van der Waals surface area contributed by atoms with Gasteiger partial charge in [0.2, 0.25) is 0 Å². The SMILES string of the molecule is CCCc1cc2oc(-c3ccc(F)cc3)c(C(=O)NC)c2cc1-c1cccc(C(=O)NC23CC(C2)C3)c1. The van der Waals surface area contributed by atoms with Crippen LogP contribution < -0.4 is 10.6 Å². The number of halogens is 1. The van der Waals surface area contributed by atoms with E-state index in [1.165, 1.54) is 12.1 Å². The Morgan fingerprint density at radius 2 is 1.76 bits per heavy atom. The van der Waals surface area contributed by atoms with Crippen LogP contribution in [0, 0.1) is 11.7 Å². The van der Waals surface area contributed by atoms with Crippen molar-refractivity contribution in [2.45, 2.75) is 44.6 Å². The minimum atomic E-state index is -0.355. The normalized spacial score (nSPS) is 19.7. The lowest BCUT2D eigenvalue weighted by Gasteiger charge is -2.61. The second-order valence-electron chi connectivity index (χ2n) is 10.4. The number of benzene rings is 3. The first-order chi connectivity index (χ1) is 17.9. The van der Waals surface area contributed by atoms with E-state index in [0.717, 1.165) is 54.7 Å². The third-order valence-electron chi connectivity index (χ3n) is 7.85. The van der Waals surface area contributed by atoms with Crippen molar-refractivity contribution < 1.29 is 18.4 Å². The highest BCUT2D eigenvalue weighted by Crippen LogP contribution is 2.57. The van der Waals surface area contributed by atoms with Crippen molar-refractivity contribution >= 4 is 22.8 Å². The summed E-state index contributed by atoms with van der Waals surface area (Å²) in [5.41, 5.74) is 5.25. The Hall–Kier alpha value is -3.93. The third-order valence-corrected chi connectivity index (χ3v) is 7.85. The molecule has 188 valence electrons. The van der Waals surface area contributed by atoms with Crippen LogP contribution in [0.4, 0.5) is 4.39 Å². The summed E-state index contributed by atoms with van der Waals surface area (Å²) >= 11 is 0. The van der Waals surface area contributed by atoms with Gasteiger partial charge in [0.15, 0.2) is 0 Å². The largest absolute Gasteiger partial charge is 0.455 e. The number of nitrogens with one attached hydrogen (secondary N) is 2. The van der Waals surface area contributed by atoms with E-state index < -0.39 is 0 Å². The van der Waals surface area contributed by atoms with Gasteiger partial charge in [0.25, 0.3) is 11.8 Å². The zero-order chi connectivity index (χ0) is 25.7. The fraction of sp³-hybridized carbons (Fsp3) is 0.290. The average Bonchev–Trinajstić information content (AvgIpc) is 3.23.